The third kappa shape index (κ3) is 5.14. The van der Waals surface area contributed by atoms with Crippen LogP contribution in [0.5, 0.6) is 0 Å². The summed E-state index contributed by atoms with van der Waals surface area (Å²) in [5, 5.41) is 25.8. The molecule has 0 aliphatic rings. The lowest BCUT2D eigenvalue weighted by Crippen LogP contribution is -2.34. The highest BCUT2D eigenvalue weighted by molar-refractivity contribution is 7.99. The third-order valence-electron chi connectivity index (χ3n) is 3.15. The van der Waals surface area contributed by atoms with Gasteiger partial charge in [0.15, 0.2) is 5.16 Å². The van der Waals surface area contributed by atoms with Gasteiger partial charge in [-0.15, -0.1) is 10.2 Å². The van der Waals surface area contributed by atoms with E-state index in [2.05, 4.69) is 10.2 Å². The maximum Gasteiger partial charge on any atom is 0.233 e. The van der Waals surface area contributed by atoms with Gasteiger partial charge in [0.25, 0.3) is 0 Å². The van der Waals surface area contributed by atoms with Crippen LogP contribution in [0.2, 0.25) is 0 Å². The zero-order valence-corrected chi connectivity index (χ0v) is 13.8. The molecule has 0 saturated heterocycles. The van der Waals surface area contributed by atoms with Crippen molar-refractivity contribution in [3.05, 3.63) is 30.5 Å². The minimum Gasteiger partial charge on any atom is -0.467 e. The summed E-state index contributed by atoms with van der Waals surface area (Å²) in [5.41, 5.74) is 0. The zero-order valence-electron chi connectivity index (χ0n) is 13.0. The Morgan fingerprint density at radius 2 is 2.08 bits per heavy atom. The number of aromatic nitrogens is 3. The Bertz CT molecular complexity index is 710. The van der Waals surface area contributed by atoms with Crippen LogP contribution in [-0.2, 0) is 11.3 Å². The van der Waals surface area contributed by atoms with Crippen LogP contribution < -0.4 is 0 Å². The molecule has 0 bridgehead atoms. The molecule has 0 atom stereocenters. The van der Waals surface area contributed by atoms with Gasteiger partial charge in [0.2, 0.25) is 5.91 Å². The summed E-state index contributed by atoms with van der Waals surface area (Å²) in [6.45, 7) is 1.15. The average Bonchev–Trinajstić information content (AvgIpc) is 3.25. The second-order valence-corrected chi connectivity index (χ2v) is 5.75. The first-order chi connectivity index (χ1) is 11.7. The molecule has 9 heteroatoms. The standard InChI is InChI=1S/C15H16N6O2S/c16-5-2-7-20(8-3-6-17)14(22)11-24-15-19-18-12-21(15)10-13-4-1-9-23-13/h1,4,9,12H,2-3,7-8,10-11H2. The van der Waals surface area contributed by atoms with Crippen molar-refractivity contribution < 1.29 is 9.21 Å². The van der Waals surface area contributed by atoms with E-state index in [0.717, 1.165) is 5.76 Å². The second-order valence-electron chi connectivity index (χ2n) is 4.81. The molecule has 0 aliphatic heterocycles. The fourth-order valence-corrected chi connectivity index (χ4v) is 2.80. The Labute approximate surface area is 143 Å². The van der Waals surface area contributed by atoms with Gasteiger partial charge >= 0.3 is 0 Å². The second kappa shape index (κ2) is 9.38. The maximum atomic E-state index is 12.3. The van der Waals surface area contributed by atoms with Crippen LogP contribution in [0.25, 0.3) is 0 Å². The lowest BCUT2D eigenvalue weighted by atomic mass is 10.3. The SMILES string of the molecule is N#CCCN(CCC#N)C(=O)CSc1nncn1Cc1ccco1. The Morgan fingerprint density at radius 1 is 1.33 bits per heavy atom. The smallest absolute Gasteiger partial charge is 0.233 e. The molecule has 24 heavy (non-hydrogen) atoms. The lowest BCUT2D eigenvalue weighted by molar-refractivity contribution is -0.128. The predicted octanol–water partition coefficient (Wildman–Crippen LogP) is 1.67. The van der Waals surface area contributed by atoms with Gasteiger partial charge in [-0.25, -0.2) is 0 Å². The molecule has 8 nitrogen and oxygen atoms in total. The first kappa shape index (κ1) is 17.6. The van der Waals surface area contributed by atoms with E-state index in [1.807, 2.05) is 18.2 Å². The van der Waals surface area contributed by atoms with Crippen molar-refractivity contribution in [3.8, 4) is 12.1 Å². The monoisotopic (exact) mass is 344 g/mol. The van der Waals surface area contributed by atoms with Crippen LogP contribution in [0.1, 0.15) is 18.6 Å². The zero-order chi connectivity index (χ0) is 17.2. The minimum atomic E-state index is -0.127. The molecular formula is C15H16N6O2S. The lowest BCUT2D eigenvalue weighted by Gasteiger charge is -2.19. The van der Waals surface area contributed by atoms with Crippen LogP contribution in [-0.4, -0.2) is 44.4 Å². The highest BCUT2D eigenvalue weighted by Gasteiger charge is 2.15. The number of amides is 1. The fourth-order valence-electron chi connectivity index (χ4n) is 1.98. The van der Waals surface area contributed by atoms with Gasteiger partial charge in [0, 0.05) is 13.1 Å². The molecule has 0 unspecified atom stereocenters. The number of carbonyl (C=O) groups excluding carboxylic acids is 1. The van der Waals surface area contributed by atoms with E-state index in [-0.39, 0.29) is 24.5 Å². The van der Waals surface area contributed by atoms with Crippen molar-refractivity contribution in [1.82, 2.24) is 19.7 Å². The number of carbonyl (C=O) groups is 1. The van der Waals surface area contributed by atoms with Crippen LogP contribution in [0.4, 0.5) is 0 Å². The van der Waals surface area contributed by atoms with E-state index >= 15 is 0 Å². The molecule has 2 aromatic rings. The van der Waals surface area contributed by atoms with Gasteiger partial charge < -0.3 is 13.9 Å². The fraction of sp³-hybridized carbons (Fsp3) is 0.400. The first-order valence-corrected chi connectivity index (χ1v) is 8.28. The Kier molecular flexibility index (Phi) is 6.87. The van der Waals surface area contributed by atoms with E-state index in [1.54, 1.807) is 23.2 Å². The van der Waals surface area contributed by atoms with Crippen LogP contribution >= 0.6 is 11.8 Å². The van der Waals surface area contributed by atoms with Gasteiger partial charge in [0.05, 0.1) is 43.5 Å². The minimum absolute atomic E-state index is 0.127. The normalized spacial score (nSPS) is 10.1. The van der Waals surface area contributed by atoms with Crippen LogP contribution in [0.15, 0.2) is 34.3 Å². The molecule has 2 rings (SSSR count). The number of thioether (sulfide) groups is 1. The van der Waals surface area contributed by atoms with E-state index in [0.29, 0.717) is 24.8 Å². The summed E-state index contributed by atoms with van der Waals surface area (Å²) in [4.78, 5) is 13.8. The molecule has 0 N–H and O–H groups in total. The van der Waals surface area contributed by atoms with Gasteiger partial charge in [-0.3, -0.25) is 4.79 Å². The van der Waals surface area contributed by atoms with Crippen molar-refractivity contribution in [2.45, 2.75) is 24.5 Å². The topological polar surface area (TPSA) is 112 Å². The van der Waals surface area contributed by atoms with Gasteiger partial charge in [0.1, 0.15) is 12.1 Å². The molecule has 0 aromatic carbocycles. The number of nitriles is 2. The molecule has 0 saturated carbocycles. The van der Waals surface area contributed by atoms with Gasteiger partial charge in [-0.1, -0.05) is 11.8 Å². The summed E-state index contributed by atoms with van der Waals surface area (Å²) in [6, 6.07) is 7.68. The molecule has 0 fully saturated rings. The summed E-state index contributed by atoms with van der Waals surface area (Å²) in [5.74, 6) is 0.818. The average molecular weight is 344 g/mol. The van der Waals surface area contributed by atoms with Crippen molar-refractivity contribution in [2.24, 2.45) is 0 Å². The van der Waals surface area contributed by atoms with E-state index in [1.165, 1.54) is 16.7 Å². The molecule has 1 amide bonds. The molecule has 124 valence electrons. The Hall–Kier alpha value is -2.78. The molecule has 0 radical (unpaired) electrons. The summed E-state index contributed by atoms with van der Waals surface area (Å²) >= 11 is 1.27. The third-order valence-corrected chi connectivity index (χ3v) is 4.12. The Morgan fingerprint density at radius 3 is 2.71 bits per heavy atom. The molecular weight excluding hydrogens is 328 g/mol. The summed E-state index contributed by atoms with van der Waals surface area (Å²) in [7, 11) is 0. The van der Waals surface area contributed by atoms with Crippen LogP contribution in [0.3, 0.4) is 0 Å². The Balaban J connectivity index is 1.91. The summed E-state index contributed by atoms with van der Waals surface area (Å²) < 4.78 is 7.09. The highest BCUT2D eigenvalue weighted by atomic mass is 32.2. The first-order valence-electron chi connectivity index (χ1n) is 7.29. The van der Waals surface area contributed by atoms with Gasteiger partial charge in [-0.05, 0) is 12.1 Å². The quantitative estimate of drug-likeness (QED) is 0.636. The largest absolute Gasteiger partial charge is 0.467 e. The maximum absolute atomic E-state index is 12.3. The molecule has 0 spiro atoms. The number of furan rings is 1. The number of hydrogen-bond acceptors (Lipinski definition) is 7. The van der Waals surface area contributed by atoms with E-state index in [9.17, 15) is 4.79 Å². The van der Waals surface area contributed by atoms with Crippen molar-refractivity contribution >= 4 is 17.7 Å². The summed E-state index contributed by atoms with van der Waals surface area (Å²) in [6.07, 6.45) is 3.67. The predicted molar refractivity (Wildman–Crippen MR) is 85.6 cm³/mol. The van der Waals surface area contributed by atoms with Crippen molar-refractivity contribution in [3.63, 3.8) is 0 Å². The number of rotatable bonds is 9. The van der Waals surface area contributed by atoms with Crippen molar-refractivity contribution in [2.75, 3.05) is 18.8 Å². The van der Waals surface area contributed by atoms with Gasteiger partial charge in [-0.2, -0.15) is 10.5 Å². The van der Waals surface area contributed by atoms with Crippen LogP contribution in [0, 0.1) is 22.7 Å². The van der Waals surface area contributed by atoms with Crippen molar-refractivity contribution in [1.29, 1.82) is 10.5 Å². The van der Waals surface area contributed by atoms with E-state index < -0.39 is 0 Å². The molecule has 2 heterocycles. The van der Waals surface area contributed by atoms with E-state index in [4.69, 9.17) is 14.9 Å². The number of nitrogens with zero attached hydrogens (tertiary/aromatic N) is 6. The highest BCUT2D eigenvalue weighted by Crippen LogP contribution is 2.17. The molecule has 2 aromatic heterocycles. The number of hydrogen-bond donors (Lipinski definition) is 0. The molecule has 0 aliphatic carbocycles.